The molecule has 4 rings (SSSR count). The Balaban J connectivity index is 1.43. The summed E-state index contributed by atoms with van der Waals surface area (Å²) in [4.78, 5) is 44.3. The van der Waals surface area contributed by atoms with Crippen LogP contribution in [0.2, 0.25) is 5.02 Å². The lowest BCUT2D eigenvalue weighted by Gasteiger charge is -2.18. The highest BCUT2D eigenvalue weighted by molar-refractivity contribution is 7.14. The summed E-state index contributed by atoms with van der Waals surface area (Å²) < 4.78 is 5.53. The molecule has 0 radical (unpaired) electrons. The standard InChI is InChI=1S/C24H20Cl2N2O4S/c25-11-10-20(22(30)16-6-8-18(26)9-7-16)32-23(31)17-12-21(29)28(13-17)24-27-19(14-33-24)15-4-2-1-3-5-15/h1-9,14,17,20H,10-13H2. The number of esters is 1. The van der Waals surface area contributed by atoms with Crippen molar-refractivity contribution in [1.29, 1.82) is 0 Å². The first-order valence-electron chi connectivity index (χ1n) is 10.3. The number of ether oxygens (including phenoxy) is 1. The first-order chi connectivity index (χ1) is 16.0. The van der Waals surface area contributed by atoms with E-state index >= 15 is 0 Å². The van der Waals surface area contributed by atoms with Crippen LogP contribution in [0.5, 0.6) is 0 Å². The Kier molecular flexibility index (Phi) is 7.42. The zero-order valence-electron chi connectivity index (χ0n) is 17.4. The maximum Gasteiger partial charge on any atom is 0.312 e. The Bertz CT molecular complexity index is 1150. The second-order valence-electron chi connectivity index (χ2n) is 7.56. The van der Waals surface area contributed by atoms with Gasteiger partial charge >= 0.3 is 5.97 Å². The van der Waals surface area contributed by atoms with Gasteiger partial charge in [-0.1, -0.05) is 41.9 Å². The third-order valence-electron chi connectivity index (χ3n) is 5.30. The summed E-state index contributed by atoms with van der Waals surface area (Å²) in [5.74, 6) is -1.69. The highest BCUT2D eigenvalue weighted by Gasteiger charge is 2.39. The monoisotopic (exact) mass is 502 g/mol. The van der Waals surface area contributed by atoms with E-state index in [1.54, 1.807) is 24.3 Å². The fourth-order valence-electron chi connectivity index (χ4n) is 3.56. The molecule has 1 saturated heterocycles. The van der Waals surface area contributed by atoms with Gasteiger partial charge in [0.15, 0.2) is 11.2 Å². The molecule has 0 aliphatic carbocycles. The van der Waals surface area contributed by atoms with E-state index in [0.29, 0.717) is 15.7 Å². The highest BCUT2D eigenvalue weighted by atomic mass is 35.5. The molecular formula is C24H20Cl2N2O4S. The van der Waals surface area contributed by atoms with E-state index in [2.05, 4.69) is 4.98 Å². The van der Waals surface area contributed by atoms with Crippen LogP contribution in [0, 0.1) is 5.92 Å². The molecule has 1 aromatic heterocycles. The highest BCUT2D eigenvalue weighted by Crippen LogP contribution is 2.32. The minimum atomic E-state index is -1.02. The predicted octanol–water partition coefficient (Wildman–Crippen LogP) is 5.24. The summed E-state index contributed by atoms with van der Waals surface area (Å²) in [6.45, 7) is 0.155. The van der Waals surface area contributed by atoms with Gasteiger partial charge in [0.1, 0.15) is 0 Å². The minimum Gasteiger partial charge on any atom is -0.454 e. The van der Waals surface area contributed by atoms with Gasteiger partial charge in [-0.25, -0.2) is 4.98 Å². The number of aromatic nitrogens is 1. The Morgan fingerprint density at radius 2 is 1.88 bits per heavy atom. The van der Waals surface area contributed by atoms with Crippen molar-refractivity contribution in [2.45, 2.75) is 18.9 Å². The van der Waals surface area contributed by atoms with Gasteiger partial charge in [0.25, 0.3) is 0 Å². The zero-order chi connectivity index (χ0) is 23.4. The van der Waals surface area contributed by atoms with Crippen molar-refractivity contribution >= 4 is 57.3 Å². The molecule has 2 heterocycles. The number of alkyl halides is 1. The number of hydrogen-bond acceptors (Lipinski definition) is 6. The van der Waals surface area contributed by atoms with Crippen molar-refractivity contribution in [3.8, 4) is 11.3 Å². The Morgan fingerprint density at radius 1 is 1.15 bits per heavy atom. The van der Waals surface area contributed by atoms with Crippen LogP contribution < -0.4 is 4.90 Å². The molecular weight excluding hydrogens is 483 g/mol. The number of carbonyl (C=O) groups excluding carboxylic acids is 3. The first kappa shape index (κ1) is 23.4. The molecule has 2 atom stereocenters. The number of anilines is 1. The molecule has 0 saturated carbocycles. The molecule has 3 aromatic rings. The molecule has 9 heteroatoms. The lowest BCUT2D eigenvalue weighted by Crippen LogP contribution is -2.32. The van der Waals surface area contributed by atoms with Crippen LogP contribution in [-0.4, -0.2) is 41.2 Å². The molecule has 170 valence electrons. The van der Waals surface area contributed by atoms with Gasteiger partial charge in [0, 0.05) is 46.8 Å². The number of amides is 1. The molecule has 1 amide bonds. The fraction of sp³-hybridized carbons (Fsp3) is 0.250. The number of rotatable bonds is 8. The number of benzene rings is 2. The third-order valence-corrected chi connectivity index (χ3v) is 6.64. The molecule has 2 aromatic carbocycles. The molecule has 1 aliphatic rings. The van der Waals surface area contributed by atoms with Gasteiger partial charge in [-0.05, 0) is 24.3 Å². The summed E-state index contributed by atoms with van der Waals surface area (Å²) in [5.41, 5.74) is 2.10. The topological polar surface area (TPSA) is 76.6 Å². The average Bonchev–Trinajstić information content (AvgIpc) is 3.46. The van der Waals surface area contributed by atoms with Gasteiger partial charge in [-0.2, -0.15) is 0 Å². The van der Waals surface area contributed by atoms with Crippen LogP contribution in [0.3, 0.4) is 0 Å². The Morgan fingerprint density at radius 3 is 2.58 bits per heavy atom. The summed E-state index contributed by atoms with van der Waals surface area (Å²) >= 11 is 13.1. The smallest absolute Gasteiger partial charge is 0.312 e. The van der Waals surface area contributed by atoms with Crippen LogP contribution in [0.25, 0.3) is 11.3 Å². The maximum atomic E-state index is 12.8. The van der Waals surface area contributed by atoms with Gasteiger partial charge < -0.3 is 4.74 Å². The normalized spacial score (nSPS) is 16.6. The van der Waals surface area contributed by atoms with Crippen molar-refractivity contribution in [2.75, 3.05) is 17.3 Å². The number of thiazole rings is 1. The molecule has 0 spiro atoms. The van der Waals surface area contributed by atoms with Crippen molar-refractivity contribution in [2.24, 2.45) is 5.92 Å². The summed E-state index contributed by atoms with van der Waals surface area (Å²) in [6.07, 6.45) is -0.849. The molecule has 1 fully saturated rings. The van der Waals surface area contributed by atoms with Gasteiger partial charge in [-0.15, -0.1) is 22.9 Å². The van der Waals surface area contributed by atoms with Crippen molar-refractivity contribution in [1.82, 2.24) is 4.98 Å². The van der Waals surface area contributed by atoms with Gasteiger partial charge in [-0.3, -0.25) is 19.3 Å². The second-order valence-corrected chi connectivity index (χ2v) is 9.21. The van der Waals surface area contributed by atoms with E-state index in [4.69, 9.17) is 27.9 Å². The third kappa shape index (κ3) is 5.43. The molecule has 0 N–H and O–H groups in total. The summed E-state index contributed by atoms with van der Waals surface area (Å²) in [5, 5.41) is 2.91. The van der Waals surface area contributed by atoms with Crippen LogP contribution >= 0.6 is 34.5 Å². The van der Waals surface area contributed by atoms with E-state index in [0.717, 1.165) is 11.3 Å². The Hall–Kier alpha value is -2.74. The van der Waals surface area contributed by atoms with Crippen molar-refractivity contribution < 1.29 is 19.1 Å². The first-order valence-corrected chi connectivity index (χ1v) is 12.1. The number of carbonyl (C=O) groups is 3. The SMILES string of the molecule is O=C(OC(CCCl)C(=O)c1ccc(Cl)cc1)C1CC(=O)N(c2nc(-c3ccccc3)cs2)C1. The maximum absolute atomic E-state index is 12.8. The van der Waals surface area contributed by atoms with Crippen LogP contribution in [-0.2, 0) is 14.3 Å². The molecule has 6 nitrogen and oxygen atoms in total. The average molecular weight is 503 g/mol. The lowest BCUT2D eigenvalue weighted by molar-refractivity contribution is -0.151. The van der Waals surface area contributed by atoms with Crippen molar-refractivity contribution in [3.05, 3.63) is 70.6 Å². The van der Waals surface area contributed by atoms with E-state index in [9.17, 15) is 14.4 Å². The second kappa shape index (κ2) is 10.5. The van der Waals surface area contributed by atoms with Gasteiger partial charge in [0.05, 0.1) is 11.6 Å². The van der Waals surface area contributed by atoms with E-state index in [1.165, 1.54) is 16.2 Å². The van der Waals surface area contributed by atoms with Crippen LogP contribution in [0.4, 0.5) is 5.13 Å². The minimum absolute atomic E-state index is 0.00180. The summed E-state index contributed by atoms with van der Waals surface area (Å²) in [7, 11) is 0. The van der Waals surface area contributed by atoms with Gasteiger partial charge in [0.2, 0.25) is 11.7 Å². The zero-order valence-corrected chi connectivity index (χ0v) is 19.8. The number of halogens is 2. The number of Topliss-reactive ketones (excluding diaryl/α,β-unsaturated/α-hetero) is 1. The molecule has 2 unspecified atom stereocenters. The predicted molar refractivity (Wildman–Crippen MR) is 129 cm³/mol. The fourth-order valence-corrected chi connectivity index (χ4v) is 4.74. The van der Waals surface area contributed by atoms with Crippen LogP contribution in [0.1, 0.15) is 23.2 Å². The number of hydrogen-bond donors (Lipinski definition) is 0. The quantitative estimate of drug-likeness (QED) is 0.239. The Labute approximate surface area is 205 Å². The lowest BCUT2D eigenvalue weighted by atomic mass is 10.0. The number of nitrogens with zero attached hydrogens (tertiary/aromatic N) is 2. The van der Waals surface area contributed by atoms with Crippen molar-refractivity contribution in [3.63, 3.8) is 0 Å². The number of ketones is 1. The van der Waals surface area contributed by atoms with E-state index in [-0.39, 0.29) is 37.0 Å². The molecule has 0 bridgehead atoms. The largest absolute Gasteiger partial charge is 0.454 e. The summed E-state index contributed by atoms with van der Waals surface area (Å²) in [6, 6.07) is 16.0. The molecule has 1 aliphatic heterocycles. The van der Waals surface area contributed by atoms with Crippen LogP contribution in [0.15, 0.2) is 60.0 Å². The van der Waals surface area contributed by atoms with E-state index in [1.807, 2.05) is 35.7 Å². The molecule has 33 heavy (non-hydrogen) atoms. The van der Waals surface area contributed by atoms with E-state index < -0.39 is 18.0 Å².